The lowest BCUT2D eigenvalue weighted by atomic mass is 9.98. The van der Waals surface area contributed by atoms with Crippen LogP contribution >= 0.6 is 12.6 Å². The summed E-state index contributed by atoms with van der Waals surface area (Å²) < 4.78 is 0. The number of hydrogen-bond donors (Lipinski definition) is 3. The minimum absolute atomic E-state index is 0.126. The molecule has 2 aromatic rings. The third-order valence-corrected chi connectivity index (χ3v) is 5.01. The maximum atomic E-state index is 12.8. The van der Waals surface area contributed by atoms with E-state index in [4.69, 9.17) is 0 Å². The normalized spacial score (nSPS) is 13.0. The first-order valence-electron chi connectivity index (χ1n) is 9.76. The van der Waals surface area contributed by atoms with Gasteiger partial charge in [-0.3, -0.25) is 9.59 Å². The molecule has 0 fully saturated rings. The lowest BCUT2D eigenvalue weighted by molar-refractivity contribution is -0.131. The van der Waals surface area contributed by atoms with Gasteiger partial charge in [0.1, 0.15) is 6.04 Å². The first-order chi connectivity index (χ1) is 13.5. The largest absolute Gasteiger partial charge is 0.350 e. The van der Waals surface area contributed by atoms with Crippen molar-refractivity contribution in [2.75, 3.05) is 5.75 Å². The summed E-state index contributed by atoms with van der Waals surface area (Å²) >= 11 is 4.36. The maximum Gasteiger partial charge on any atom is 0.242 e. The van der Waals surface area contributed by atoms with Crippen LogP contribution < -0.4 is 10.6 Å². The average molecular weight is 399 g/mol. The predicted octanol–water partition coefficient (Wildman–Crippen LogP) is 3.62. The molecule has 2 aromatic carbocycles. The number of nitrogens with one attached hydrogen (secondary N) is 2. The van der Waals surface area contributed by atoms with Gasteiger partial charge in [0.2, 0.25) is 11.8 Å². The molecule has 2 atom stereocenters. The van der Waals surface area contributed by atoms with Gasteiger partial charge in [0, 0.05) is 12.3 Å². The van der Waals surface area contributed by atoms with Gasteiger partial charge in [-0.1, -0.05) is 74.5 Å². The van der Waals surface area contributed by atoms with Crippen molar-refractivity contribution in [2.45, 2.75) is 39.3 Å². The molecule has 0 saturated carbocycles. The molecule has 0 radical (unpaired) electrons. The van der Waals surface area contributed by atoms with Gasteiger partial charge in [-0.05, 0) is 29.9 Å². The Morgan fingerprint density at radius 3 is 2.00 bits per heavy atom. The van der Waals surface area contributed by atoms with Crippen molar-refractivity contribution in [1.29, 1.82) is 0 Å². The number of carbonyl (C=O) groups excluding carboxylic acids is 2. The van der Waals surface area contributed by atoms with E-state index in [1.807, 2.05) is 74.5 Å². The van der Waals surface area contributed by atoms with Crippen LogP contribution in [0.4, 0.5) is 0 Å². The second-order valence-electron chi connectivity index (χ2n) is 7.46. The topological polar surface area (TPSA) is 58.2 Å². The standard InChI is InChI=1S/C23H30N2O2S/c1-17(2)13-21(23(27)24-15-19-11-7-4-8-12-19)25-22(26)20(16-28)14-18-9-5-3-6-10-18/h3-12,17,20-21,28H,13-16H2,1-2H3,(H,24,27)(H,25,26)/t20?,21-/m1/s1. The van der Waals surface area contributed by atoms with Crippen LogP contribution in [0.3, 0.4) is 0 Å². The van der Waals surface area contributed by atoms with Gasteiger partial charge < -0.3 is 10.6 Å². The van der Waals surface area contributed by atoms with E-state index in [-0.39, 0.29) is 23.7 Å². The summed E-state index contributed by atoms with van der Waals surface area (Å²) in [6.07, 6.45) is 1.20. The predicted molar refractivity (Wildman–Crippen MR) is 117 cm³/mol. The van der Waals surface area contributed by atoms with Gasteiger partial charge in [0.25, 0.3) is 0 Å². The average Bonchev–Trinajstić information content (AvgIpc) is 2.70. The van der Waals surface area contributed by atoms with Crippen LogP contribution in [0.25, 0.3) is 0 Å². The van der Waals surface area contributed by atoms with Crippen LogP contribution in [0.15, 0.2) is 60.7 Å². The summed E-state index contributed by atoms with van der Waals surface area (Å²) in [5.74, 6) is 0.169. The zero-order chi connectivity index (χ0) is 20.4. The van der Waals surface area contributed by atoms with E-state index in [1.54, 1.807) is 0 Å². The zero-order valence-corrected chi connectivity index (χ0v) is 17.5. The highest BCUT2D eigenvalue weighted by Crippen LogP contribution is 2.13. The Morgan fingerprint density at radius 2 is 1.46 bits per heavy atom. The molecule has 2 amide bonds. The smallest absolute Gasteiger partial charge is 0.242 e. The third-order valence-electron chi connectivity index (χ3n) is 4.57. The summed E-state index contributed by atoms with van der Waals surface area (Å²) in [5.41, 5.74) is 2.12. The van der Waals surface area contributed by atoms with E-state index in [9.17, 15) is 9.59 Å². The number of carbonyl (C=O) groups is 2. The van der Waals surface area contributed by atoms with Gasteiger partial charge in [-0.25, -0.2) is 0 Å². The number of rotatable bonds is 10. The fraction of sp³-hybridized carbons (Fsp3) is 0.391. The second-order valence-corrected chi connectivity index (χ2v) is 7.83. The number of hydrogen-bond acceptors (Lipinski definition) is 3. The zero-order valence-electron chi connectivity index (χ0n) is 16.6. The molecule has 150 valence electrons. The molecule has 0 aliphatic carbocycles. The molecule has 2 N–H and O–H groups in total. The van der Waals surface area contributed by atoms with Crippen molar-refractivity contribution in [3.05, 3.63) is 71.8 Å². The SMILES string of the molecule is CC(C)C[C@@H](NC(=O)C(CS)Cc1ccccc1)C(=O)NCc1ccccc1. The molecule has 0 spiro atoms. The van der Waals surface area contributed by atoms with Crippen LogP contribution in [0.5, 0.6) is 0 Å². The van der Waals surface area contributed by atoms with Crippen molar-refractivity contribution in [3.63, 3.8) is 0 Å². The summed E-state index contributed by atoms with van der Waals surface area (Å²) in [6.45, 7) is 4.54. The molecular formula is C23H30N2O2S. The fourth-order valence-electron chi connectivity index (χ4n) is 3.04. The molecule has 0 aromatic heterocycles. The Labute approximate surface area is 173 Å². The Hall–Kier alpha value is -2.27. The van der Waals surface area contributed by atoms with Crippen molar-refractivity contribution >= 4 is 24.4 Å². The molecule has 0 heterocycles. The highest BCUT2D eigenvalue weighted by molar-refractivity contribution is 7.80. The van der Waals surface area contributed by atoms with Gasteiger partial charge in [-0.15, -0.1) is 0 Å². The van der Waals surface area contributed by atoms with Gasteiger partial charge in [0.15, 0.2) is 0 Å². The Morgan fingerprint density at radius 1 is 0.893 bits per heavy atom. The number of benzene rings is 2. The van der Waals surface area contributed by atoms with Crippen molar-refractivity contribution in [3.8, 4) is 0 Å². The van der Waals surface area contributed by atoms with E-state index in [1.165, 1.54) is 0 Å². The van der Waals surface area contributed by atoms with Crippen LogP contribution in [0, 0.1) is 11.8 Å². The third kappa shape index (κ3) is 7.39. The highest BCUT2D eigenvalue weighted by Gasteiger charge is 2.25. The van der Waals surface area contributed by atoms with E-state index in [0.717, 1.165) is 11.1 Å². The lowest BCUT2D eigenvalue weighted by Crippen LogP contribution is -2.49. The number of amides is 2. The molecular weight excluding hydrogens is 368 g/mol. The minimum Gasteiger partial charge on any atom is -0.350 e. The Bertz CT molecular complexity index is 735. The molecule has 0 aliphatic heterocycles. The van der Waals surface area contributed by atoms with E-state index < -0.39 is 6.04 Å². The second kappa shape index (κ2) is 11.5. The first kappa shape index (κ1) is 22.0. The monoisotopic (exact) mass is 398 g/mol. The Balaban J connectivity index is 1.98. The lowest BCUT2D eigenvalue weighted by Gasteiger charge is -2.23. The van der Waals surface area contributed by atoms with Crippen LogP contribution in [0.1, 0.15) is 31.4 Å². The first-order valence-corrected chi connectivity index (χ1v) is 10.4. The summed E-state index contributed by atoms with van der Waals surface area (Å²) in [4.78, 5) is 25.5. The van der Waals surface area contributed by atoms with E-state index in [2.05, 4.69) is 23.3 Å². The van der Waals surface area contributed by atoms with Crippen LogP contribution in [-0.2, 0) is 22.6 Å². The molecule has 4 nitrogen and oxygen atoms in total. The molecule has 0 aliphatic rings. The summed E-state index contributed by atoms with van der Waals surface area (Å²) in [5, 5.41) is 5.90. The van der Waals surface area contributed by atoms with Crippen molar-refractivity contribution in [2.24, 2.45) is 11.8 Å². The van der Waals surface area contributed by atoms with Gasteiger partial charge >= 0.3 is 0 Å². The maximum absolute atomic E-state index is 12.8. The Kier molecular flexibility index (Phi) is 9.08. The molecule has 0 bridgehead atoms. The molecule has 28 heavy (non-hydrogen) atoms. The highest BCUT2D eigenvalue weighted by atomic mass is 32.1. The van der Waals surface area contributed by atoms with E-state index >= 15 is 0 Å². The van der Waals surface area contributed by atoms with Gasteiger partial charge in [0.05, 0.1) is 5.92 Å². The number of thiol groups is 1. The molecule has 0 saturated heterocycles. The van der Waals surface area contributed by atoms with Crippen LogP contribution in [0.2, 0.25) is 0 Å². The molecule has 5 heteroatoms. The molecule has 2 rings (SSSR count). The summed E-state index contributed by atoms with van der Waals surface area (Å²) in [7, 11) is 0. The summed E-state index contributed by atoms with van der Waals surface area (Å²) in [6, 6.07) is 19.1. The van der Waals surface area contributed by atoms with Crippen molar-refractivity contribution < 1.29 is 9.59 Å². The quantitative estimate of drug-likeness (QED) is 0.536. The van der Waals surface area contributed by atoms with Crippen LogP contribution in [-0.4, -0.2) is 23.6 Å². The van der Waals surface area contributed by atoms with Crippen molar-refractivity contribution in [1.82, 2.24) is 10.6 Å². The minimum atomic E-state index is -0.547. The van der Waals surface area contributed by atoms with Gasteiger partial charge in [-0.2, -0.15) is 12.6 Å². The fourth-order valence-corrected chi connectivity index (χ4v) is 3.33. The van der Waals surface area contributed by atoms with E-state index in [0.29, 0.717) is 25.1 Å². The molecule has 1 unspecified atom stereocenters.